The summed E-state index contributed by atoms with van der Waals surface area (Å²) in [4.78, 5) is 19.8. The summed E-state index contributed by atoms with van der Waals surface area (Å²) < 4.78 is 5.19. The number of nitrogens with zero attached hydrogens (tertiary/aromatic N) is 2. The number of benzene rings is 1. The molecule has 4 rings (SSSR count). The van der Waals surface area contributed by atoms with Crippen molar-refractivity contribution < 1.29 is 9.53 Å². The van der Waals surface area contributed by atoms with Gasteiger partial charge in [0.1, 0.15) is 0 Å². The van der Waals surface area contributed by atoms with Crippen LogP contribution in [0.1, 0.15) is 95.2 Å². The minimum Gasteiger partial charge on any atom is -0.384 e. The minimum absolute atomic E-state index is 0.209. The van der Waals surface area contributed by atoms with Gasteiger partial charge in [-0.1, -0.05) is 46.8 Å². The molecule has 0 radical (unpaired) electrons. The van der Waals surface area contributed by atoms with Crippen LogP contribution in [0.4, 0.5) is 0 Å². The summed E-state index contributed by atoms with van der Waals surface area (Å²) in [7, 11) is 1.72. The van der Waals surface area contributed by atoms with Crippen LogP contribution >= 0.6 is 11.3 Å². The highest BCUT2D eigenvalue weighted by molar-refractivity contribution is 7.10. The standard InChI is InChI=1S/C29H42N2O2S/c1-20(18-33-6)7-10-26(32)31-15-11-21(12-16-31)27-30-25(19-34-27)22-8-9-23-24(17-22)29(4,5)14-13-28(23,2)3/h8-9,17,19-21H,7,10-16,18H2,1-6H3. The monoisotopic (exact) mass is 482 g/mol. The van der Waals surface area contributed by atoms with E-state index in [-0.39, 0.29) is 10.8 Å². The number of rotatable bonds is 7. The topological polar surface area (TPSA) is 42.4 Å². The molecule has 4 nitrogen and oxygen atoms in total. The summed E-state index contributed by atoms with van der Waals surface area (Å²) in [6.07, 6.45) is 6.01. The zero-order chi connectivity index (χ0) is 24.5. The number of carbonyl (C=O) groups is 1. The van der Waals surface area contributed by atoms with E-state index in [1.165, 1.54) is 34.5 Å². The van der Waals surface area contributed by atoms with Crippen molar-refractivity contribution in [3.63, 3.8) is 0 Å². The Bertz CT molecular complexity index is 1000. The van der Waals surface area contributed by atoms with E-state index in [2.05, 4.69) is 63.1 Å². The lowest BCUT2D eigenvalue weighted by molar-refractivity contribution is -0.132. The molecule has 5 heteroatoms. The fraction of sp³-hybridized carbons (Fsp3) is 0.655. The third-order valence-corrected chi connectivity index (χ3v) is 9.18. The summed E-state index contributed by atoms with van der Waals surface area (Å²) >= 11 is 1.79. The van der Waals surface area contributed by atoms with Crippen LogP contribution in [-0.4, -0.2) is 42.6 Å². The molecule has 186 valence electrons. The first kappa shape index (κ1) is 25.4. The summed E-state index contributed by atoms with van der Waals surface area (Å²) in [6, 6.07) is 7.02. The van der Waals surface area contributed by atoms with Crippen molar-refractivity contribution in [1.82, 2.24) is 9.88 Å². The molecule has 1 atom stereocenters. The van der Waals surface area contributed by atoms with Gasteiger partial charge in [0.2, 0.25) is 5.91 Å². The van der Waals surface area contributed by atoms with Crippen molar-refractivity contribution in [3.05, 3.63) is 39.7 Å². The maximum atomic E-state index is 12.6. The third kappa shape index (κ3) is 5.41. The molecule has 1 unspecified atom stereocenters. The summed E-state index contributed by atoms with van der Waals surface area (Å²) in [5, 5.41) is 3.46. The highest BCUT2D eigenvalue weighted by Gasteiger charge is 2.37. The number of hydrogen-bond acceptors (Lipinski definition) is 4. The Morgan fingerprint density at radius 2 is 1.82 bits per heavy atom. The van der Waals surface area contributed by atoms with Gasteiger partial charge in [-0.25, -0.2) is 4.98 Å². The predicted molar refractivity (Wildman–Crippen MR) is 142 cm³/mol. The van der Waals surface area contributed by atoms with Crippen LogP contribution in [0.5, 0.6) is 0 Å². The molecule has 1 amide bonds. The molecule has 2 heterocycles. The van der Waals surface area contributed by atoms with Crippen molar-refractivity contribution in [3.8, 4) is 11.3 Å². The van der Waals surface area contributed by atoms with Crippen LogP contribution in [-0.2, 0) is 20.4 Å². The lowest BCUT2D eigenvalue weighted by Gasteiger charge is -2.42. The number of aromatic nitrogens is 1. The Kier molecular flexibility index (Phi) is 7.54. The molecule has 1 saturated heterocycles. The first-order valence-electron chi connectivity index (χ1n) is 13.0. The lowest BCUT2D eigenvalue weighted by atomic mass is 9.63. The molecule has 1 aliphatic heterocycles. The van der Waals surface area contributed by atoms with Gasteiger partial charge < -0.3 is 9.64 Å². The van der Waals surface area contributed by atoms with Crippen molar-refractivity contribution in [1.29, 1.82) is 0 Å². The summed E-state index contributed by atoms with van der Waals surface area (Å²) in [5.41, 5.74) is 5.78. The smallest absolute Gasteiger partial charge is 0.222 e. The minimum atomic E-state index is 0.209. The number of hydrogen-bond donors (Lipinski definition) is 0. The van der Waals surface area contributed by atoms with Crippen LogP contribution in [0, 0.1) is 5.92 Å². The van der Waals surface area contributed by atoms with Gasteiger partial charge in [0.05, 0.1) is 10.7 Å². The maximum absolute atomic E-state index is 12.6. The van der Waals surface area contributed by atoms with Gasteiger partial charge in [0, 0.05) is 50.1 Å². The molecule has 2 aliphatic rings. The summed E-state index contributed by atoms with van der Waals surface area (Å²) in [6.45, 7) is 14.1. The maximum Gasteiger partial charge on any atom is 0.222 e. The average molecular weight is 483 g/mol. The van der Waals surface area contributed by atoms with E-state index in [1.807, 2.05) is 0 Å². The van der Waals surface area contributed by atoms with Gasteiger partial charge in [-0.05, 0) is 66.0 Å². The number of likely N-dealkylation sites (tertiary alicyclic amines) is 1. The highest BCUT2D eigenvalue weighted by Crippen LogP contribution is 2.47. The van der Waals surface area contributed by atoms with E-state index in [1.54, 1.807) is 18.4 Å². The van der Waals surface area contributed by atoms with E-state index in [4.69, 9.17) is 9.72 Å². The van der Waals surface area contributed by atoms with Crippen molar-refractivity contribution in [2.75, 3.05) is 26.8 Å². The molecule has 0 spiro atoms. The van der Waals surface area contributed by atoms with Crippen LogP contribution in [0.2, 0.25) is 0 Å². The molecule has 34 heavy (non-hydrogen) atoms. The molecule has 2 aromatic rings. The Hall–Kier alpha value is -1.72. The largest absolute Gasteiger partial charge is 0.384 e. The Labute approximate surface area is 210 Å². The highest BCUT2D eigenvalue weighted by atomic mass is 32.1. The van der Waals surface area contributed by atoms with Gasteiger partial charge >= 0.3 is 0 Å². The number of fused-ring (bicyclic) bond motifs is 1. The number of carbonyl (C=O) groups excluding carboxylic acids is 1. The molecule has 1 aromatic carbocycles. The number of piperidine rings is 1. The average Bonchev–Trinajstić information content (AvgIpc) is 3.31. The van der Waals surface area contributed by atoms with E-state index < -0.39 is 0 Å². The fourth-order valence-corrected chi connectivity index (χ4v) is 6.63. The Morgan fingerprint density at radius 3 is 2.50 bits per heavy atom. The van der Waals surface area contributed by atoms with Crippen LogP contribution in [0.3, 0.4) is 0 Å². The van der Waals surface area contributed by atoms with Crippen molar-refractivity contribution in [2.45, 2.75) is 89.9 Å². The van der Waals surface area contributed by atoms with E-state index in [9.17, 15) is 4.79 Å². The van der Waals surface area contributed by atoms with E-state index in [0.717, 1.165) is 44.7 Å². The quantitative estimate of drug-likeness (QED) is 0.430. The number of ether oxygens (including phenoxy) is 1. The second kappa shape index (κ2) is 10.1. The second-order valence-electron chi connectivity index (χ2n) is 11.9. The van der Waals surface area contributed by atoms with E-state index >= 15 is 0 Å². The van der Waals surface area contributed by atoms with Crippen LogP contribution in [0.25, 0.3) is 11.3 Å². The van der Waals surface area contributed by atoms with Crippen LogP contribution < -0.4 is 0 Å². The molecule has 1 aromatic heterocycles. The second-order valence-corrected chi connectivity index (χ2v) is 12.7. The molecular formula is C29H42N2O2S. The van der Waals surface area contributed by atoms with Gasteiger partial charge in [0.15, 0.2) is 0 Å². The molecule has 0 saturated carbocycles. The van der Waals surface area contributed by atoms with Crippen molar-refractivity contribution in [2.24, 2.45) is 5.92 Å². The molecule has 0 bridgehead atoms. The van der Waals surface area contributed by atoms with Crippen LogP contribution in [0.15, 0.2) is 23.6 Å². The third-order valence-electron chi connectivity index (χ3n) is 8.17. The fourth-order valence-electron chi connectivity index (χ4n) is 5.63. The molecule has 1 aliphatic carbocycles. The lowest BCUT2D eigenvalue weighted by Crippen LogP contribution is -2.38. The Morgan fingerprint density at radius 1 is 1.15 bits per heavy atom. The molecule has 1 fully saturated rings. The first-order valence-corrected chi connectivity index (χ1v) is 13.9. The Balaban J connectivity index is 1.40. The first-order chi connectivity index (χ1) is 16.1. The number of methoxy groups -OCH3 is 1. The van der Waals surface area contributed by atoms with E-state index in [0.29, 0.717) is 24.2 Å². The van der Waals surface area contributed by atoms with Crippen molar-refractivity contribution >= 4 is 17.2 Å². The van der Waals surface area contributed by atoms with Gasteiger partial charge in [-0.3, -0.25) is 4.79 Å². The van der Waals surface area contributed by atoms with Gasteiger partial charge in [-0.15, -0.1) is 11.3 Å². The predicted octanol–water partition coefficient (Wildman–Crippen LogP) is 6.93. The molecule has 0 N–H and O–H groups in total. The zero-order valence-corrected chi connectivity index (χ0v) is 22.8. The SMILES string of the molecule is COCC(C)CCC(=O)N1CCC(c2nc(-c3ccc4c(c3)C(C)(C)CCC4(C)C)cs2)CC1. The van der Waals surface area contributed by atoms with Gasteiger partial charge in [0.25, 0.3) is 0 Å². The normalized spacial score (nSPS) is 20.7. The molecular weight excluding hydrogens is 440 g/mol. The number of amides is 1. The van der Waals surface area contributed by atoms with Gasteiger partial charge in [-0.2, -0.15) is 0 Å². The summed E-state index contributed by atoms with van der Waals surface area (Å²) in [5.74, 6) is 1.18. The number of thiazole rings is 1. The zero-order valence-electron chi connectivity index (χ0n) is 21.9.